The first-order chi connectivity index (χ1) is 14.5. The number of aromatic nitrogens is 2. The topological polar surface area (TPSA) is 114 Å². The molecule has 168 valence electrons. The third-order valence-electron chi connectivity index (χ3n) is 4.08. The van der Waals surface area contributed by atoms with E-state index in [1.54, 1.807) is 0 Å². The molecule has 0 atom stereocenters. The quantitative estimate of drug-likeness (QED) is 0.201. The van der Waals surface area contributed by atoms with Gasteiger partial charge in [-0.3, -0.25) is 14.9 Å². The average Bonchev–Trinajstić information content (AvgIpc) is 2.67. The molecule has 0 saturated heterocycles. The number of hydrogen-bond donors (Lipinski definition) is 0. The minimum absolute atomic E-state index is 0.122. The molecule has 0 amide bonds. The Morgan fingerprint density at radius 2 is 2.00 bits per heavy atom. The van der Waals surface area contributed by atoms with Crippen LogP contribution in [0.1, 0.15) is 25.5 Å². The molecular weight excluding hydrogens is 430 g/mol. The number of alkyl halides is 3. The van der Waals surface area contributed by atoms with E-state index in [4.69, 9.17) is 9.47 Å². The zero-order chi connectivity index (χ0) is 23.3. The first-order valence-corrected chi connectivity index (χ1v) is 8.87. The van der Waals surface area contributed by atoms with Gasteiger partial charge in [0, 0.05) is 24.7 Å². The van der Waals surface area contributed by atoms with E-state index in [0.717, 1.165) is 13.5 Å². The molecule has 0 aliphatic heterocycles. The third-order valence-corrected chi connectivity index (χ3v) is 4.08. The van der Waals surface area contributed by atoms with E-state index in [1.165, 1.54) is 0 Å². The van der Waals surface area contributed by atoms with Gasteiger partial charge in [0.1, 0.15) is 17.2 Å². The number of benzene rings is 1. The lowest BCUT2D eigenvalue weighted by molar-refractivity contribution is -0.385. The maximum atomic E-state index is 14.6. The molecule has 31 heavy (non-hydrogen) atoms. The van der Waals surface area contributed by atoms with Gasteiger partial charge in [0.25, 0.3) is 5.56 Å². The molecule has 1 aromatic heterocycles. The van der Waals surface area contributed by atoms with E-state index in [1.807, 2.05) is 6.92 Å². The van der Waals surface area contributed by atoms with Crippen molar-refractivity contribution in [1.29, 1.82) is 0 Å². The minimum Gasteiger partial charge on any atom is -0.475 e. The van der Waals surface area contributed by atoms with Crippen molar-refractivity contribution in [2.24, 2.45) is 7.05 Å². The Morgan fingerprint density at radius 1 is 1.32 bits per heavy atom. The summed E-state index contributed by atoms with van der Waals surface area (Å²) in [6.07, 6.45) is -3.19. The van der Waals surface area contributed by atoms with Crippen LogP contribution in [0.4, 0.5) is 23.2 Å². The van der Waals surface area contributed by atoms with Crippen molar-refractivity contribution in [3.8, 4) is 17.0 Å². The maximum Gasteiger partial charge on any atom is 0.433 e. The molecule has 0 N–H and O–H groups in total. The van der Waals surface area contributed by atoms with E-state index in [0.29, 0.717) is 24.8 Å². The Labute approximate surface area is 172 Å². The largest absolute Gasteiger partial charge is 0.475 e. The Balaban J connectivity index is 2.41. The molecule has 0 unspecified atom stereocenters. The van der Waals surface area contributed by atoms with E-state index in [9.17, 15) is 37.3 Å². The van der Waals surface area contributed by atoms with Crippen molar-refractivity contribution in [2.75, 3.05) is 13.2 Å². The number of carbonyl (C=O) groups is 1. The Kier molecular flexibility index (Phi) is 7.31. The summed E-state index contributed by atoms with van der Waals surface area (Å²) in [5.74, 6) is -2.67. The molecule has 2 aromatic rings. The highest BCUT2D eigenvalue weighted by Gasteiger charge is 2.35. The summed E-state index contributed by atoms with van der Waals surface area (Å²) in [6.45, 7) is 1.26. The fourth-order valence-electron chi connectivity index (χ4n) is 2.48. The maximum absolute atomic E-state index is 14.6. The summed E-state index contributed by atoms with van der Waals surface area (Å²) in [5, 5.41) is 11.3. The van der Waals surface area contributed by atoms with Gasteiger partial charge in [0.15, 0.2) is 6.61 Å². The fraction of sp³-hybridized carbons (Fsp3) is 0.389. The highest BCUT2D eigenvalue weighted by atomic mass is 19.4. The van der Waals surface area contributed by atoms with Crippen LogP contribution in [0, 0.1) is 15.9 Å². The number of nitro benzene ring substituents is 1. The molecule has 9 nitrogen and oxygen atoms in total. The van der Waals surface area contributed by atoms with Gasteiger partial charge in [-0.25, -0.2) is 14.2 Å². The summed E-state index contributed by atoms with van der Waals surface area (Å²) in [4.78, 5) is 37.6. The van der Waals surface area contributed by atoms with Gasteiger partial charge in [-0.05, 0) is 6.42 Å². The average molecular weight is 447 g/mol. The fourth-order valence-corrected chi connectivity index (χ4v) is 2.48. The molecule has 1 aromatic carbocycles. The second-order valence-corrected chi connectivity index (χ2v) is 6.27. The monoisotopic (exact) mass is 447 g/mol. The van der Waals surface area contributed by atoms with Crippen LogP contribution < -0.4 is 10.3 Å². The van der Waals surface area contributed by atoms with Crippen molar-refractivity contribution in [3.05, 3.63) is 50.3 Å². The Hall–Kier alpha value is -3.51. The van der Waals surface area contributed by atoms with Gasteiger partial charge in [0.05, 0.1) is 17.7 Å². The van der Waals surface area contributed by atoms with Crippen molar-refractivity contribution < 1.29 is 36.8 Å². The molecule has 2 rings (SSSR count). The SMILES string of the molecule is CCCCOC(=O)COc1cc(F)c(-c2ncc(C(F)(F)F)n(C)c2=O)cc1[N+](=O)[O-]. The third kappa shape index (κ3) is 5.55. The van der Waals surface area contributed by atoms with Gasteiger partial charge in [-0.2, -0.15) is 13.2 Å². The summed E-state index contributed by atoms with van der Waals surface area (Å²) in [5.41, 5.74) is -4.96. The standard InChI is InChI=1S/C18H17F4N3O6/c1-3-4-5-30-15(26)9-31-13-7-11(19)10(6-12(13)25(28)29)16-17(27)24(2)14(8-23-16)18(20,21)22/h6-8H,3-5,9H2,1-2H3. The number of rotatable bonds is 8. The van der Waals surface area contributed by atoms with Crippen LogP contribution in [0.25, 0.3) is 11.3 Å². The predicted molar refractivity (Wildman–Crippen MR) is 97.9 cm³/mol. The number of ether oxygens (including phenoxy) is 2. The van der Waals surface area contributed by atoms with Crippen LogP contribution in [0.5, 0.6) is 5.75 Å². The normalized spacial score (nSPS) is 11.3. The number of unbranched alkanes of at least 4 members (excludes halogenated alkanes) is 1. The van der Waals surface area contributed by atoms with Gasteiger partial charge in [-0.15, -0.1) is 0 Å². The van der Waals surface area contributed by atoms with Crippen LogP contribution in [-0.2, 0) is 22.8 Å². The van der Waals surface area contributed by atoms with E-state index in [-0.39, 0.29) is 11.2 Å². The number of nitro groups is 1. The van der Waals surface area contributed by atoms with E-state index in [2.05, 4.69) is 4.98 Å². The second-order valence-electron chi connectivity index (χ2n) is 6.27. The molecule has 13 heteroatoms. The van der Waals surface area contributed by atoms with Crippen molar-refractivity contribution in [3.63, 3.8) is 0 Å². The number of halogens is 4. The second kappa shape index (κ2) is 9.53. The van der Waals surface area contributed by atoms with Crippen molar-refractivity contribution >= 4 is 11.7 Å². The Bertz CT molecular complexity index is 1050. The number of esters is 1. The first-order valence-electron chi connectivity index (χ1n) is 8.87. The lowest BCUT2D eigenvalue weighted by Gasteiger charge is -2.13. The van der Waals surface area contributed by atoms with Crippen LogP contribution in [0.3, 0.4) is 0 Å². The first kappa shape index (κ1) is 23.8. The lowest BCUT2D eigenvalue weighted by Crippen LogP contribution is -2.28. The Morgan fingerprint density at radius 3 is 2.58 bits per heavy atom. The molecule has 0 bridgehead atoms. The smallest absolute Gasteiger partial charge is 0.433 e. The zero-order valence-electron chi connectivity index (χ0n) is 16.4. The van der Waals surface area contributed by atoms with Crippen LogP contribution in [0.15, 0.2) is 23.1 Å². The summed E-state index contributed by atoms with van der Waals surface area (Å²) in [6, 6.07) is 1.15. The van der Waals surface area contributed by atoms with E-state index < -0.39 is 63.4 Å². The number of hydrogen-bond acceptors (Lipinski definition) is 7. The molecule has 0 aliphatic rings. The number of nitrogens with zero attached hydrogens (tertiary/aromatic N) is 3. The zero-order valence-corrected chi connectivity index (χ0v) is 16.4. The predicted octanol–water partition coefficient (Wildman–Crippen LogP) is 3.24. The van der Waals surface area contributed by atoms with Gasteiger partial charge in [0.2, 0.25) is 5.75 Å². The van der Waals surface area contributed by atoms with Crippen LogP contribution >= 0.6 is 0 Å². The van der Waals surface area contributed by atoms with Gasteiger partial charge in [-0.1, -0.05) is 13.3 Å². The molecule has 0 aliphatic carbocycles. The highest BCUT2D eigenvalue weighted by molar-refractivity contribution is 5.72. The summed E-state index contributed by atoms with van der Waals surface area (Å²) < 4.78 is 63.3. The van der Waals surface area contributed by atoms with Crippen LogP contribution in [0.2, 0.25) is 0 Å². The van der Waals surface area contributed by atoms with E-state index >= 15 is 0 Å². The lowest BCUT2D eigenvalue weighted by atomic mass is 10.1. The molecular formula is C18H17F4N3O6. The molecule has 0 saturated carbocycles. The van der Waals surface area contributed by atoms with Crippen molar-refractivity contribution in [2.45, 2.75) is 25.9 Å². The molecule has 1 heterocycles. The minimum atomic E-state index is -4.88. The van der Waals surface area contributed by atoms with Crippen LogP contribution in [-0.4, -0.2) is 33.7 Å². The number of carbonyl (C=O) groups excluding carboxylic acids is 1. The summed E-state index contributed by atoms with van der Waals surface area (Å²) in [7, 11) is 0.810. The molecule has 0 fully saturated rings. The van der Waals surface area contributed by atoms with Gasteiger partial charge < -0.3 is 14.0 Å². The van der Waals surface area contributed by atoms with Gasteiger partial charge >= 0.3 is 17.8 Å². The highest BCUT2D eigenvalue weighted by Crippen LogP contribution is 2.34. The molecule has 0 radical (unpaired) electrons. The molecule has 0 spiro atoms. The van der Waals surface area contributed by atoms with Crippen molar-refractivity contribution in [1.82, 2.24) is 9.55 Å². The summed E-state index contributed by atoms with van der Waals surface area (Å²) >= 11 is 0.